The van der Waals surface area contributed by atoms with E-state index in [0.29, 0.717) is 0 Å². The van der Waals surface area contributed by atoms with Crippen LogP contribution in [0.15, 0.2) is 9.28 Å². The van der Waals surface area contributed by atoms with Gasteiger partial charge in [-0.15, -0.1) is 0 Å². The van der Waals surface area contributed by atoms with E-state index in [1.54, 1.807) is 3.20 Å². The summed E-state index contributed by atoms with van der Waals surface area (Å²) < 4.78 is 1.65. The van der Waals surface area contributed by atoms with E-state index >= 15 is 0 Å². The molecule has 0 nitrogen and oxygen atoms in total. The van der Waals surface area contributed by atoms with Crippen molar-refractivity contribution in [2.45, 2.75) is 84.4 Å². The fraction of sp³-hybridized carbons (Fsp3) is 0.867. The van der Waals surface area contributed by atoms with Gasteiger partial charge in [-0.2, -0.15) is 0 Å². The number of hydrogen-bond donors (Lipinski definition) is 0. The second kappa shape index (κ2) is 10.6. The highest BCUT2D eigenvalue weighted by Crippen LogP contribution is 2.22. The van der Waals surface area contributed by atoms with Crippen molar-refractivity contribution in [1.29, 1.82) is 0 Å². The fourth-order valence-electron chi connectivity index (χ4n) is 1.81. The molecule has 2 heteroatoms. The highest BCUT2D eigenvalue weighted by Gasteiger charge is 2.15. The molecule has 0 saturated heterocycles. The molecule has 0 amide bonds. The molecule has 102 valence electrons. The Kier molecular flexibility index (Phi) is 11.0. The molecule has 17 heavy (non-hydrogen) atoms. The van der Waals surface area contributed by atoms with E-state index in [1.807, 2.05) is 0 Å². The molecular weight excluding hydrogens is 335 g/mol. The Morgan fingerprint density at radius 2 is 1.35 bits per heavy atom. The molecule has 0 N–H and O–H groups in total. The van der Waals surface area contributed by atoms with Crippen LogP contribution >= 0.6 is 22.6 Å². The third-order valence-corrected chi connectivity index (χ3v) is 10.0. The maximum atomic E-state index is 2.55. The predicted molar refractivity (Wildman–Crippen MR) is 92.7 cm³/mol. The lowest BCUT2D eigenvalue weighted by atomic mass is 10.1. The van der Waals surface area contributed by atoms with E-state index in [-0.39, 0.29) is 0 Å². The number of allylic oxidation sites excluding steroid dienone is 1. The lowest BCUT2D eigenvalue weighted by molar-refractivity contribution is 0.577. The van der Waals surface area contributed by atoms with Crippen LogP contribution < -0.4 is 0 Å². The monoisotopic (exact) mass is 366 g/mol. The minimum Gasteiger partial charge on any atom is -0.0794 e. The van der Waals surface area contributed by atoms with Gasteiger partial charge in [0.1, 0.15) is 0 Å². The number of rotatable bonds is 10. The molecule has 0 heterocycles. The summed E-state index contributed by atoms with van der Waals surface area (Å²) in [5.74, 6) is 0. The summed E-state index contributed by atoms with van der Waals surface area (Å²) in [6.45, 7) is 9.57. The smallest absolute Gasteiger partial charge is 0.0794 e. The molecule has 0 radical (unpaired) electrons. The van der Waals surface area contributed by atoms with Crippen LogP contribution in [0, 0.1) is 0 Å². The minimum atomic E-state index is -1.00. The van der Waals surface area contributed by atoms with E-state index in [9.17, 15) is 0 Å². The largest absolute Gasteiger partial charge is 0.0850 e. The van der Waals surface area contributed by atoms with Crippen molar-refractivity contribution in [3.63, 3.8) is 0 Å². The second-order valence-electron chi connectivity index (χ2n) is 6.07. The third-order valence-electron chi connectivity index (χ3n) is 3.10. The molecule has 0 saturated carbocycles. The molecule has 0 bridgehead atoms. The topological polar surface area (TPSA) is 0 Å². The van der Waals surface area contributed by atoms with Gasteiger partial charge in [0, 0.05) is 0 Å². The average Bonchev–Trinajstić information content (AvgIpc) is 2.25. The first-order chi connectivity index (χ1) is 7.98. The van der Waals surface area contributed by atoms with Gasteiger partial charge >= 0.3 is 0 Å². The van der Waals surface area contributed by atoms with E-state index < -0.39 is 8.07 Å². The number of unbranched alkanes of at least 4 members (excludes halogenated alkanes) is 8. The van der Waals surface area contributed by atoms with Gasteiger partial charge in [0.05, 0.1) is 8.07 Å². The summed E-state index contributed by atoms with van der Waals surface area (Å²) in [6.07, 6.45) is 15.2. The van der Waals surface area contributed by atoms with E-state index in [1.165, 1.54) is 57.8 Å². The summed E-state index contributed by atoms with van der Waals surface area (Å²) in [4.78, 5) is 0. The number of hydrogen-bond acceptors (Lipinski definition) is 0. The van der Waals surface area contributed by atoms with E-state index in [0.717, 1.165) is 0 Å². The molecule has 0 aliphatic rings. The van der Waals surface area contributed by atoms with Crippen LogP contribution in [0.4, 0.5) is 0 Å². The molecule has 0 aliphatic heterocycles. The van der Waals surface area contributed by atoms with E-state index in [2.05, 4.69) is 55.2 Å². The fourth-order valence-corrected chi connectivity index (χ4v) is 2.88. The molecule has 0 atom stereocenters. The zero-order valence-electron chi connectivity index (χ0n) is 12.3. The van der Waals surface area contributed by atoms with Crippen LogP contribution in [0.3, 0.4) is 0 Å². The Morgan fingerprint density at radius 1 is 0.882 bits per heavy atom. The Hall–Kier alpha value is 0.687. The Morgan fingerprint density at radius 3 is 1.82 bits per heavy atom. The highest BCUT2D eigenvalue weighted by atomic mass is 127. The van der Waals surface area contributed by atoms with Crippen LogP contribution in [0.5, 0.6) is 0 Å². The summed E-state index contributed by atoms with van der Waals surface area (Å²) in [5.41, 5.74) is 0. The van der Waals surface area contributed by atoms with Crippen molar-refractivity contribution in [3.8, 4) is 0 Å². The second-order valence-corrected chi connectivity index (χ2v) is 13.3. The predicted octanol–water partition coefficient (Wildman–Crippen LogP) is 6.71. The Labute approximate surface area is 124 Å². The van der Waals surface area contributed by atoms with Crippen LogP contribution in [0.1, 0.15) is 64.7 Å². The first kappa shape index (κ1) is 17.7. The number of halogens is 1. The maximum absolute atomic E-state index is 2.55. The first-order valence-electron chi connectivity index (χ1n) is 7.34. The van der Waals surface area contributed by atoms with Gasteiger partial charge in [0.2, 0.25) is 0 Å². The van der Waals surface area contributed by atoms with Gasteiger partial charge in [-0.3, -0.25) is 0 Å². The lowest BCUT2D eigenvalue weighted by Gasteiger charge is -2.14. The van der Waals surface area contributed by atoms with Gasteiger partial charge in [-0.05, 0) is 16.0 Å². The molecule has 0 spiro atoms. The SMILES string of the molecule is CCCCCCCCCC/C=C(/I)[Si](C)(C)C. The highest BCUT2D eigenvalue weighted by molar-refractivity contribution is 14.1. The summed E-state index contributed by atoms with van der Waals surface area (Å²) in [5, 5.41) is 0. The molecular formula is C15H31ISi. The molecule has 0 aromatic rings. The quantitative estimate of drug-likeness (QED) is 0.229. The van der Waals surface area contributed by atoms with Crippen LogP contribution in [0.25, 0.3) is 0 Å². The Balaban J connectivity index is 3.35. The van der Waals surface area contributed by atoms with Crippen molar-refractivity contribution in [1.82, 2.24) is 0 Å². The average molecular weight is 366 g/mol. The standard InChI is InChI=1S/C15H31ISi/c1-5-6-7-8-9-10-11-12-13-14-15(16)17(2,3)4/h14H,5-13H2,1-4H3/b15-14-. The molecule has 0 aromatic carbocycles. The van der Waals surface area contributed by atoms with Crippen molar-refractivity contribution < 1.29 is 0 Å². The summed E-state index contributed by atoms with van der Waals surface area (Å²) in [7, 11) is -1.00. The first-order valence-corrected chi connectivity index (χ1v) is 11.9. The van der Waals surface area contributed by atoms with Crippen molar-refractivity contribution >= 4 is 30.7 Å². The molecule has 0 aromatic heterocycles. The van der Waals surface area contributed by atoms with Gasteiger partial charge in [-0.25, -0.2) is 0 Å². The zero-order valence-corrected chi connectivity index (χ0v) is 15.5. The van der Waals surface area contributed by atoms with Crippen LogP contribution in [-0.4, -0.2) is 8.07 Å². The van der Waals surface area contributed by atoms with Gasteiger partial charge in [0.15, 0.2) is 0 Å². The minimum absolute atomic E-state index is 1.00. The van der Waals surface area contributed by atoms with E-state index in [4.69, 9.17) is 0 Å². The Bertz CT molecular complexity index is 203. The normalized spacial score (nSPS) is 13.1. The van der Waals surface area contributed by atoms with Crippen molar-refractivity contribution in [2.24, 2.45) is 0 Å². The molecule has 0 fully saturated rings. The summed E-state index contributed by atoms with van der Waals surface area (Å²) in [6, 6.07) is 0. The van der Waals surface area contributed by atoms with Crippen molar-refractivity contribution in [2.75, 3.05) is 0 Å². The molecule has 0 rings (SSSR count). The van der Waals surface area contributed by atoms with Crippen LogP contribution in [-0.2, 0) is 0 Å². The van der Waals surface area contributed by atoms with Gasteiger partial charge < -0.3 is 0 Å². The van der Waals surface area contributed by atoms with Crippen LogP contribution in [0.2, 0.25) is 19.6 Å². The lowest BCUT2D eigenvalue weighted by Crippen LogP contribution is -2.20. The van der Waals surface area contributed by atoms with Crippen molar-refractivity contribution in [3.05, 3.63) is 9.28 Å². The summed E-state index contributed by atoms with van der Waals surface area (Å²) >= 11 is 2.55. The maximum Gasteiger partial charge on any atom is 0.0850 e. The van der Waals surface area contributed by atoms with Gasteiger partial charge in [0.25, 0.3) is 0 Å². The van der Waals surface area contributed by atoms with Gasteiger partial charge in [-0.1, -0.05) is 100 Å². The third kappa shape index (κ3) is 11.5. The molecule has 0 aliphatic carbocycles. The molecule has 0 unspecified atom stereocenters. The zero-order chi connectivity index (χ0) is 13.1.